The van der Waals surface area contributed by atoms with Gasteiger partial charge in [-0.2, -0.15) is 5.10 Å². The molecule has 7 heteroatoms. The predicted molar refractivity (Wildman–Crippen MR) is 73.6 cm³/mol. The molecule has 1 heterocycles. The first-order valence-corrected chi connectivity index (χ1v) is 5.91. The van der Waals surface area contributed by atoms with Gasteiger partial charge in [0.1, 0.15) is 5.82 Å². The zero-order valence-electron chi connectivity index (χ0n) is 10.8. The zero-order chi connectivity index (χ0) is 14.5. The van der Waals surface area contributed by atoms with Crippen molar-refractivity contribution in [1.29, 1.82) is 0 Å². The Balaban J connectivity index is 1.94. The fourth-order valence-electron chi connectivity index (χ4n) is 1.66. The van der Waals surface area contributed by atoms with Crippen LogP contribution in [0.3, 0.4) is 0 Å². The van der Waals surface area contributed by atoms with Gasteiger partial charge >= 0.3 is 12.0 Å². The number of nitrogens with zero attached hydrogens (tertiary/aromatic N) is 2. The maximum atomic E-state index is 11.7. The summed E-state index contributed by atoms with van der Waals surface area (Å²) in [4.78, 5) is 22.3. The van der Waals surface area contributed by atoms with Crippen molar-refractivity contribution in [3.05, 3.63) is 42.1 Å². The van der Waals surface area contributed by atoms with Gasteiger partial charge in [0, 0.05) is 18.8 Å². The first-order chi connectivity index (χ1) is 9.54. The van der Waals surface area contributed by atoms with E-state index in [4.69, 9.17) is 5.11 Å². The number of benzene rings is 1. The van der Waals surface area contributed by atoms with Crippen molar-refractivity contribution in [2.75, 3.05) is 10.6 Å². The molecule has 0 saturated carbocycles. The second-order valence-electron chi connectivity index (χ2n) is 4.19. The highest BCUT2D eigenvalue weighted by Crippen LogP contribution is 2.11. The largest absolute Gasteiger partial charge is 0.481 e. The van der Waals surface area contributed by atoms with Crippen LogP contribution < -0.4 is 10.6 Å². The van der Waals surface area contributed by atoms with E-state index in [0.29, 0.717) is 17.1 Å². The van der Waals surface area contributed by atoms with Crippen LogP contribution in [0, 0.1) is 0 Å². The highest BCUT2D eigenvalue weighted by Gasteiger charge is 2.06. The Bertz CT molecular complexity index is 619. The molecule has 0 spiro atoms. The Morgan fingerprint density at radius 3 is 2.45 bits per heavy atom. The van der Waals surface area contributed by atoms with E-state index >= 15 is 0 Å². The highest BCUT2D eigenvalue weighted by molar-refractivity contribution is 5.99. The molecule has 1 aromatic carbocycles. The molecule has 0 fully saturated rings. The van der Waals surface area contributed by atoms with Gasteiger partial charge in [0.25, 0.3) is 0 Å². The van der Waals surface area contributed by atoms with Gasteiger partial charge < -0.3 is 10.4 Å². The number of aromatic nitrogens is 2. The summed E-state index contributed by atoms with van der Waals surface area (Å²) in [6.45, 7) is 0. The smallest absolute Gasteiger partial charge is 0.324 e. The Morgan fingerprint density at radius 2 is 1.90 bits per heavy atom. The number of carboxylic acids is 1. The minimum atomic E-state index is -0.889. The molecule has 0 bridgehead atoms. The second kappa shape index (κ2) is 5.87. The molecule has 2 amide bonds. The molecule has 20 heavy (non-hydrogen) atoms. The number of carboxylic acid groups (broad SMARTS) is 1. The first kappa shape index (κ1) is 13.6. The lowest BCUT2D eigenvalue weighted by atomic mass is 10.1. The lowest BCUT2D eigenvalue weighted by Crippen LogP contribution is -2.21. The third-order valence-electron chi connectivity index (χ3n) is 2.63. The quantitative estimate of drug-likeness (QED) is 0.790. The summed E-state index contributed by atoms with van der Waals surface area (Å²) in [6.07, 6.45) is 1.54. The van der Waals surface area contributed by atoms with E-state index in [1.165, 1.54) is 4.68 Å². The van der Waals surface area contributed by atoms with Gasteiger partial charge in [-0.25, -0.2) is 4.79 Å². The van der Waals surface area contributed by atoms with Crippen LogP contribution in [0.15, 0.2) is 36.5 Å². The first-order valence-electron chi connectivity index (χ1n) is 5.91. The van der Waals surface area contributed by atoms with Gasteiger partial charge in [0.05, 0.1) is 12.6 Å². The molecule has 0 radical (unpaired) electrons. The van der Waals surface area contributed by atoms with Crippen LogP contribution in [-0.2, 0) is 18.3 Å². The normalized spacial score (nSPS) is 10.1. The molecule has 0 aliphatic rings. The molecule has 7 nitrogen and oxygen atoms in total. The predicted octanol–water partition coefficient (Wildman–Crippen LogP) is 1.69. The maximum Gasteiger partial charge on any atom is 0.324 e. The third-order valence-corrected chi connectivity index (χ3v) is 2.63. The monoisotopic (exact) mass is 274 g/mol. The van der Waals surface area contributed by atoms with Gasteiger partial charge in [-0.1, -0.05) is 12.1 Å². The molecule has 0 aliphatic carbocycles. The summed E-state index contributed by atoms with van der Waals surface area (Å²) in [5.41, 5.74) is 1.26. The molecule has 0 atom stereocenters. The van der Waals surface area contributed by atoms with Crippen LogP contribution in [-0.4, -0.2) is 26.9 Å². The van der Waals surface area contributed by atoms with Crippen LogP contribution in [0.25, 0.3) is 0 Å². The van der Waals surface area contributed by atoms with Crippen LogP contribution >= 0.6 is 0 Å². The van der Waals surface area contributed by atoms with Crippen molar-refractivity contribution >= 4 is 23.5 Å². The molecule has 0 unspecified atom stereocenters. The number of carbonyl (C=O) groups is 2. The van der Waals surface area contributed by atoms with Crippen molar-refractivity contribution < 1.29 is 14.7 Å². The second-order valence-corrected chi connectivity index (χ2v) is 4.19. The van der Waals surface area contributed by atoms with Gasteiger partial charge in [-0.15, -0.1) is 0 Å². The fourth-order valence-corrected chi connectivity index (χ4v) is 1.66. The van der Waals surface area contributed by atoms with E-state index in [0.717, 1.165) is 0 Å². The molecule has 104 valence electrons. The standard InChI is InChI=1S/C13H14N4O3/c1-17-11(6-7-14-17)16-13(20)15-10-4-2-9(3-5-10)8-12(18)19/h2-7H,8H2,1H3,(H,18,19)(H2,15,16,20). The highest BCUT2D eigenvalue weighted by atomic mass is 16.4. The number of anilines is 2. The summed E-state index contributed by atoms with van der Waals surface area (Å²) in [6, 6.07) is 7.92. The molecule has 0 aliphatic heterocycles. The molecule has 2 rings (SSSR count). The lowest BCUT2D eigenvalue weighted by molar-refractivity contribution is -0.136. The van der Waals surface area contributed by atoms with Crippen molar-refractivity contribution in [2.24, 2.45) is 7.05 Å². The van der Waals surface area contributed by atoms with E-state index in [9.17, 15) is 9.59 Å². The topological polar surface area (TPSA) is 96.3 Å². The van der Waals surface area contributed by atoms with Gasteiger partial charge in [0.15, 0.2) is 0 Å². The maximum absolute atomic E-state index is 11.7. The number of rotatable bonds is 4. The van der Waals surface area contributed by atoms with Crippen molar-refractivity contribution in [1.82, 2.24) is 9.78 Å². The van der Waals surface area contributed by atoms with Gasteiger partial charge in [0.2, 0.25) is 0 Å². The number of hydrogen-bond acceptors (Lipinski definition) is 3. The molecule has 1 aromatic heterocycles. The van der Waals surface area contributed by atoms with E-state index < -0.39 is 5.97 Å². The average molecular weight is 274 g/mol. The molecule has 0 saturated heterocycles. The third kappa shape index (κ3) is 3.58. The SMILES string of the molecule is Cn1nccc1NC(=O)Nc1ccc(CC(=O)O)cc1. The number of carbonyl (C=O) groups excluding carboxylic acids is 1. The summed E-state index contributed by atoms with van der Waals surface area (Å²) < 4.78 is 1.54. The number of aryl methyl sites for hydroxylation is 1. The number of nitrogens with one attached hydrogen (secondary N) is 2. The summed E-state index contributed by atoms with van der Waals surface area (Å²) in [7, 11) is 1.72. The van der Waals surface area contributed by atoms with Crippen molar-refractivity contribution in [3.63, 3.8) is 0 Å². The Kier molecular flexibility index (Phi) is 3.99. The molecular formula is C13H14N4O3. The summed E-state index contributed by atoms with van der Waals surface area (Å²) in [5, 5.41) is 17.9. The average Bonchev–Trinajstić information content (AvgIpc) is 2.77. The molecular weight excluding hydrogens is 260 g/mol. The molecule has 3 N–H and O–H groups in total. The molecule has 2 aromatic rings. The van der Waals surface area contributed by atoms with Crippen LogP contribution in [0.1, 0.15) is 5.56 Å². The van der Waals surface area contributed by atoms with E-state index in [1.54, 1.807) is 43.6 Å². The van der Waals surface area contributed by atoms with E-state index in [-0.39, 0.29) is 12.5 Å². The Hall–Kier alpha value is -2.83. The van der Waals surface area contributed by atoms with E-state index in [1.807, 2.05) is 0 Å². The van der Waals surface area contributed by atoms with E-state index in [2.05, 4.69) is 15.7 Å². The number of hydrogen-bond donors (Lipinski definition) is 3. The Labute approximate surface area is 115 Å². The number of urea groups is 1. The van der Waals surface area contributed by atoms with Crippen LogP contribution in [0.5, 0.6) is 0 Å². The van der Waals surface area contributed by atoms with Crippen molar-refractivity contribution in [3.8, 4) is 0 Å². The lowest BCUT2D eigenvalue weighted by Gasteiger charge is -2.08. The van der Waals surface area contributed by atoms with Gasteiger partial charge in [-0.05, 0) is 17.7 Å². The minimum Gasteiger partial charge on any atom is -0.481 e. The van der Waals surface area contributed by atoms with Gasteiger partial charge in [-0.3, -0.25) is 14.8 Å². The van der Waals surface area contributed by atoms with Crippen LogP contribution in [0.2, 0.25) is 0 Å². The fraction of sp³-hybridized carbons (Fsp3) is 0.154. The minimum absolute atomic E-state index is 0.0402. The Morgan fingerprint density at radius 1 is 1.20 bits per heavy atom. The number of amides is 2. The zero-order valence-corrected chi connectivity index (χ0v) is 10.8. The summed E-state index contributed by atoms with van der Waals surface area (Å²) >= 11 is 0. The van der Waals surface area contributed by atoms with Crippen LogP contribution in [0.4, 0.5) is 16.3 Å². The number of aliphatic carboxylic acids is 1. The van der Waals surface area contributed by atoms with Crippen molar-refractivity contribution in [2.45, 2.75) is 6.42 Å². The summed E-state index contributed by atoms with van der Waals surface area (Å²) in [5.74, 6) is -0.315.